The molecule has 1 N–H and O–H groups in total. The third kappa shape index (κ3) is 2.91. The van der Waals surface area contributed by atoms with E-state index in [9.17, 15) is 4.39 Å². The highest BCUT2D eigenvalue weighted by molar-refractivity contribution is 9.10. The van der Waals surface area contributed by atoms with Crippen molar-refractivity contribution < 1.29 is 4.39 Å². The van der Waals surface area contributed by atoms with E-state index >= 15 is 0 Å². The summed E-state index contributed by atoms with van der Waals surface area (Å²) in [4.78, 5) is 16.5. The first kappa shape index (κ1) is 18.2. The molecule has 148 valence electrons. The number of H-pyrrole nitrogens is 1. The molecule has 1 fully saturated rings. The van der Waals surface area contributed by atoms with Gasteiger partial charge in [0.2, 0.25) is 0 Å². The number of rotatable bonds is 3. The fourth-order valence-corrected chi connectivity index (χ4v) is 4.44. The van der Waals surface area contributed by atoms with E-state index in [1.165, 1.54) is 6.07 Å². The largest absolute Gasteiger partial charge is 0.357 e. The maximum Gasteiger partial charge on any atom is 0.139 e. The predicted octanol–water partition coefficient (Wildman–Crippen LogP) is 4.26. The molecule has 5 rings (SSSR count). The molecule has 0 amide bonds. The number of halogens is 2. The van der Waals surface area contributed by atoms with Crippen LogP contribution in [0.5, 0.6) is 0 Å². The number of aromatic nitrogens is 6. The van der Waals surface area contributed by atoms with Crippen LogP contribution < -0.4 is 4.90 Å². The third-order valence-corrected chi connectivity index (χ3v) is 6.21. The maximum absolute atomic E-state index is 14.0. The highest BCUT2D eigenvalue weighted by Gasteiger charge is 2.42. The molecular formula is C20H19BrFN7. The molecule has 7 nitrogen and oxygen atoms in total. The first-order chi connectivity index (χ1) is 14.0. The normalized spacial score (nSPS) is 19.4. The fourth-order valence-electron chi connectivity index (χ4n) is 4.10. The molecule has 0 spiro atoms. The van der Waals surface area contributed by atoms with Crippen molar-refractivity contribution in [1.29, 1.82) is 0 Å². The lowest BCUT2D eigenvalue weighted by molar-refractivity contribution is 0.465. The summed E-state index contributed by atoms with van der Waals surface area (Å²) in [6, 6.07) is 5.25. The Balaban J connectivity index is 1.65. The van der Waals surface area contributed by atoms with Crippen LogP contribution in [-0.2, 0) is 5.54 Å². The quantitative estimate of drug-likeness (QED) is 0.499. The zero-order valence-corrected chi connectivity index (χ0v) is 17.6. The maximum atomic E-state index is 14.0. The zero-order chi connectivity index (χ0) is 20.2. The van der Waals surface area contributed by atoms with Crippen molar-refractivity contribution in [3.8, 4) is 5.69 Å². The monoisotopic (exact) mass is 455 g/mol. The van der Waals surface area contributed by atoms with Gasteiger partial charge in [0, 0.05) is 18.3 Å². The SMILES string of the molecule is Cc1cc(N2CCC[C@@]2(C)c2nc3cc(Br)c(F)cc3[nH]2)c(-n2nccn2)cn1. The second-order valence-electron chi connectivity index (χ2n) is 7.53. The van der Waals surface area contributed by atoms with Crippen molar-refractivity contribution in [3.63, 3.8) is 0 Å². The van der Waals surface area contributed by atoms with Crippen LogP contribution in [-0.4, -0.2) is 36.5 Å². The summed E-state index contributed by atoms with van der Waals surface area (Å²) in [5.74, 6) is 0.509. The summed E-state index contributed by atoms with van der Waals surface area (Å²) in [5.41, 5.74) is 3.79. The van der Waals surface area contributed by atoms with Crippen LogP contribution in [0, 0.1) is 12.7 Å². The van der Waals surface area contributed by atoms with Crippen molar-refractivity contribution in [2.24, 2.45) is 0 Å². The van der Waals surface area contributed by atoms with Gasteiger partial charge in [-0.1, -0.05) is 0 Å². The van der Waals surface area contributed by atoms with Crippen LogP contribution >= 0.6 is 15.9 Å². The Bertz CT molecular complexity index is 1160. The smallest absolute Gasteiger partial charge is 0.139 e. The van der Waals surface area contributed by atoms with E-state index in [1.807, 2.05) is 6.92 Å². The van der Waals surface area contributed by atoms with E-state index < -0.39 is 0 Å². The van der Waals surface area contributed by atoms with Crippen LogP contribution in [0.25, 0.3) is 16.7 Å². The fraction of sp³-hybridized carbons (Fsp3) is 0.300. The molecule has 0 radical (unpaired) electrons. The predicted molar refractivity (Wildman–Crippen MR) is 112 cm³/mol. The Kier molecular flexibility index (Phi) is 4.16. The molecule has 1 aliphatic rings. The summed E-state index contributed by atoms with van der Waals surface area (Å²) < 4.78 is 14.4. The van der Waals surface area contributed by atoms with Gasteiger partial charge < -0.3 is 9.88 Å². The molecule has 1 atom stereocenters. The summed E-state index contributed by atoms with van der Waals surface area (Å²) >= 11 is 3.25. The van der Waals surface area contributed by atoms with Crippen molar-refractivity contribution in [2.75, 3.05) is 11.4 Å². The molecule has 9 heteroatoms. The second-order valence-corrected chi connectivity index (χ2v) is 8.39. The first-order valence-corrected chi connectivity index (χ1v) is 10.2. The Morgan fingerprint density at radius 2 is 1.97 bits per heavy atom. The van der Waals surface area contributed by atoms with E-state index in [1.54, 1.807) is 29.5 Å². The number of hydrogen-bond acceptors (Lipinski definition) is 5. The molecule has 1 saturated heterocycles. The topological polar surface area (TPSA) is 75.5 Å². The van der Waals surface area contributed by atoms with Crippen molar-refractivity contribution in [3.05, 3.63) is 58.6 Å². The highest BCUT2D eigenvalue weighted by atomic mass is 79.9. The minimum Gasteiger partial charge on any atom is -0.357 e. The van der Waals surface area contributed by atoms with Crippen molar-refractivity contribution in [2.45, 2.75) is 32.2 Å². The number of nitrogens with one attached hydrogen (secondary N) is 1. The van der Waals surface area contributed by atoms with Gasteiger partial charge in [-0.15, -0.1) is 4.80 Å². The van der Waals surface area contributed by atoms with E-state index in [4.69, 9.17) is 4.98 Å². The lowest BCUT2D eigenvalue weighted by Gasteiger charge is -2.36. The molecule has 1 aliphatic heterocycles. The van der Waals surface area contributed by atoms with Crippen LogP contribution in [0.1, 0.15) is 31.3 Å². The summed E-state index contributed by atoms with van der Waals surface area (Å²) in [7, 11) is 0. The molecule has 0 bridgehead atoms. The van der Waals surface area contributed by atoms with Gasteiger partial charge in [-0.2, -0.15) is 10.2 Å². The number of benzene rings is 1. The minimum absolute atomic E-state index is 0.307. The summed E-state index contributed by atoms with van der Waals surface area (Å²) in [5, 5.41) is 8.58. The van der Waals surface area contributed by atoms with E-state index in [0.29, 0.717) is 9.99 Å². The van der Waals surface area contributed by atoms with Gasteiger partial charge in [-0.25, -0.2) is 9.37 Å². The number of pyridine rings is 1. The van der Waals surface area contributed by atoms with Gasteiger partial charge in [-0.05, 0) is 54.8 Å². The number of imidazole rings is 1. The Hall–Kier alpha value is -2.81. The average molecular weight is 456 g/mol. The van der Waals surface area contributed by atoms with Crippen LogP contribution in [0.15, 0.2) is 41.3 Å². The van der Waals surface area contributed by atoms with Gasteiger partial charge in [0.15, 0.2) is 0 Å². The van der Waals surface area contributed by atoms with Crippen LogP contribution in [0.4, 0.5) is 10.1 Å². The van der Waals surface area contributed by atoms with Gasteiger partial charge in [-0.3, -0.25) is 4.98 Å². The van der Waals surface area contributed by atoms with Gasteiger partial charge in [0.25, 0.3) is 0 Å². The molecular weight excluding hydrogens is 437 g/mol. The van der Waals surface area contributed by atoms with E-state index in [-0.39, 0.29) is 11.4 Å². The summed E-state index contributed by atoms with van der Waals surface area (Å²) in [6.07, 6.45) is 7.04. The average Bonchev–Trinajstić information content (AvgIpc) is 3.42. The van der Waals surface area contributed by atoms with Crippen molar-refractivity contribution in [1.82, 2.24) is 29.9 Å². The lowest BCUT2D eigenvalue weighted by atomic mass is 9.97. The Morgan fingerprint density at radius 1 is 1.17 bits per heavy atom. The number of fused-ring (bicyclic) bond motifs is 1. The van der Waals surface area contributed by atoms with Crippen LogP contribution in [0.2, 0.25) is 0 Å². The molecule has 4 aromatic rings. The number of nitrogens with zero attached hydrogens (tertiary/aromatic N) is 6. The van der Waals surface area contributed by atoms with E-state index in [0.717, 1.165) is 47.8 Å². The van der Waals surface area contributed by atoms with Crippen LogP contribution in [0.3, 0.4) is 0 Å². The minimum atomic E-state index is -0.377. The Labute approximate surface area is 175 Å². The number of anilines is 1. The number of aromatic amines is 1. The standard InChI is InChI=1S/C20H19BrFN7/c1-12-8-17(18(11-23-12)29-24-5-6-25-29)28-7-3-4-20(28,2)19-26-15-9-13(21)14(22)10-16(15)27-19/h5-6,8-11H,3-4,7H2,1-2H3,(H,26,27)/t20-/m0/s1. The molecule has 0 saturated carbocycles. The molecule has 1 aromatic carbocycles. The third-order valence-electron chi connectivity index (χ3n) is 5.60. The van der Waals surface area contributed by atoms with E-state index in [2.05, 4.69) is 54.0 Å². The highest BCUT2D eigenvalue weighted by Crippen LogP contribution is 2.43. The molecule has 0 aliphatic carbocycles. The molecule has 3 aromatic heterocycles. The Morgan fingerprint density at radius 3 is 2.76 bits per heavy atom. The van der Waals surface area contributed by atoms with Crippen molar-refractivity contribution >= 4 is 32.7 Å². The molecule has 0 unspecified atom stereocenters. The molecule has 4 heterocycles. The number of hydrogen-bond donors (Lipinski definition) is 1. The van der Waals surface area contributed by atoms with Gasteiger partial charge >= 0.3 is 0 Å². The molecule has 29 heavy (non-hydrogen) atoms. The second kappa shape index (κ2) is 6.62. The first-order valence-electron chi connectivity index (χ1n) is 9.42. The van der Waals surface area contributed by atoms with Gasteiger partial charge in [0.1, 0.15) is 17.3 Å². The lowest BCUT2D eigenvalue weighted by Crippen LogP contribution is -2.40. The summed E-state index contributed by atoms with van der Waals surface area (Å²) in [6.45, 7) is 5.00. The zero-order valence-electron chi connectivity index (χ0n) is 16.0. The number of aryl methyl sites for hydroxylation is 1. The van der Waals surface area contributed by atoms with Gasteiger partial charge in [0.05, 0.1) is 45.3 Å².